The SMILES string of the molecule is CCOC1CC(Nc2nnc(CNC(C)C)o2)C1(C)C. The van der Waals surface area contributed by atoms with Crippen molar-refractivity contribution in [2.24, 2.45) is 5.41 Å². The van der Waals surface area contributed by atoms with Crippen molar-refractivity contribution in [3.05, 3.63) is 5.89 Å². The Morgan fingerprint density at radius 1 is 1.40 bits per heavy atom. The zero-order valence-corrected chi connectivity index (χ0v) is 13.1. The second kappa shape index (κ2) is 6.10. The van der Waals surface area contributed by atoms with Crippen LogP contribution in [-0.4, -0.2) is 35.0 Å². The van der Waals surface area contributed by atoms with Gasteiger partial charge < -0.3 is 19.8 Å². The Morgan fingerprint density at radius 2 is 2.15 bits per heavy atom. The fourth-order valence-corrected chi connectivity index (χ4v) is 2.44. The number of hydrogen-bond acceptors (Lipinski definition) is 6. The lowest BCUT2D eigenvalue weighted by Crippen LogP contribution is -2.58. The smallest absolute Gasteiger partial charge is 0.315 e. The molecule has 0 radical (unpaired) electrons. The topological polar surface area (TPSA) is 72.2 Å². The molecule has 1 aromatic rings. The maximum Gasteiger partial charge on any atom is 0.315 e. The highest BCUT2D eigenvalue weighted by atomic mass is 16.5. The number of nitrogens with one attached hydrogen (secondary N) is 2. The summed E-state index contributed by atoms with van der Waals surface area (Å²) in [5.74, 6) is 0.611. The second-order valence-corrected chi connectivity index (χ2v) is 6.23. The molecule has 0 amide bonds. The maximum atomic E-state index is 5.71. The molecule has 1 saturated carbocycles. The van der Waals surface area contributed by atoms with Crippen LogP contribution < -0.4 is 10.6 Å². The maximum absolute atomic E-state index is 5.71. The highest BCUT2D eigenvalue weighted by Gasteiger charge is 2.49. The standard InChI is InChI=1S/C14H26N4O2/c1-6-19-11-7-10(14(11,4)5)16-13-18-17-12(20-13)8-15-9(2)3/h9-11,15H,6-8H2,1-5H3,(H,16,18). The van der Waals surface area contributed by atoms with Gasteiger partial charge in [0.15, 0.2) is 0 Å². The van der Waals surface area contributed by atoms with Gasteiger partial charge in [0.25, 0.3) is 0 Å². The highest BCUT2D eigenvalue weighted by molar-refractivity contribution is 5.25. The van der Waals surface area contributed by atoms with Crippen LogP contribution in [0.2, 0.25) is 0 Å². The molecule has 1 aliphatic rings. The van der Waals surface area contributed by atoms with Crippen LogP contribution in [0.4, 0.5) is 6.01 Å². The number of rotatable bonds is 7. The minimum absolute atomic E-state index is 0.0842. The first kappa shape index (κ1) is 15.3. The third kappa shape index (κ3) is 3.30. The average Bonchev–Trinajstić information content (AvgIpc) is 2.83. The van der Waals surface area contributed by atoms with E-state index in [1.54, 1.807) is 0 Å². The molecule has 0 saturated heterocycles. The van der Waals surface area contributed by atoms with E-state index in [1.807, 2.05) is 6.92 Å². The largest absolute Gasteiger partial charge is 0.407 e. The Hall–Kier alpha value is -1.14. The van der Waals surface area contributed by atoms with Crippen molar-refractivity contribution in [2.45, 2.75) is 65.8 Å². The summed E-state index contributed by atoms with van der Waals surface area (Å²) < 4.78 is 11.3. The molecule has 0 aliphatic heterocycles. The van der Waals surface area contributed by atoms with Crippen molar-refractivity contribution in [3.8, 4) is 0 Å². The van der Waals surface area contributed by atoms with E-state index in [0.717, 1.165) is 13.0 Å². The zero-order valence-electron chi connectivity index (χ0n) is 13.1. The molecular formula is C14H26N4O2. The molecule has 6 nitrogen and oxygen atoms in total. The molecule has 2 N–H and O–H groups in total. The van der Waals surface area contributed by atoms with Crippen LogP contribution >= 0.6 is 0 Å². The van der Waals surface area contributed by atoms with E-state index in [1.165, 1.54) is 0 Å². The summed E-state index contributed by atoms with van der Waals surface area (Å²) in [4.78, 5) is 0. The quantitative estimate of drug-likeness (QED) is 0.798. The van der Waals surface area contributed by atoms with Crippen molar-refractivity contribution in [1.29, 1.82) is 0 Å². The molecule has 1 aromatic heterocycles. The van der Waals surface area contributed by atoms with E-state index in [-0.39, 0.29) is 5.41 Å². The summed E-state index contributed by atoms with van der Waals surface area (Å²) >= 11 is 0. The van der Waals surface area contributed by atoms with Crippen LogP contribution in [-0.2, 0) is 11.3 Å². The van der Waals surface area contributed by atoms with E-state index >= 15 is 0 Å². The normalized spacial score (nSPS) is 24.7. The molecule has 0 spiro atoms. The van der Waals surface area contributed by atoms with Gasteiger partial charge in [-0.05, 0) is 13.3 Å². The third-order valence-electron chi connectivity index (χ3n) is 3.97. The minimum atomic E-state index is 0.0842. The van der Waals surface area contributed by atoms with Gasteiger partial charge >= 0.3 is 6.01 Å². The Kier molecular flexibility index (Phi) is 4.65. The fourth-order valence-electron chi connectivity index (χ4n) is 2.44. The van der Waals surface area contributed by atoms with E-state index in [0.29, 0.717) is 36.6 Å². The first-order chi connectivity index (χ1) is 9.43. The van der Waals surface area contributed by atoms with E-state index in [2.05, 4.69) is 48.5 Å². The molecule has 1 aliphatic carbocycles. The molecule has 1 heterocycles. The Balaban J connectivity index is 1.85. The van der Waals surface area contributed by atoms with Gasteiger partial charge in [-0.1, -0.05) is 32.8 Å². The van der Waals surface area contributed by atoms with Gasteiger partial charge in [0.05, 0.1) is 12.6 Å². The fraction of sp³-hybridized carbons (Fsp3) is 0.857. The summed E-state index contributed by atoms with van der Waals surface area (Å²) in [5.41, 5.74) is 0.0842. The van der Waals surface area contributed by atoms with Crippen LogP contribution in [0.1, 0.15) is 46.9 Å². The summed E-state index contributed by atoms with van der Waals surface area (Å²) in [7, 11) is 0. The van der Waals surface area contributed by atoms with Crippen LogP contribution in [0.25, 0.3) is 0 Å². The Bertz CT molecular complexity index is 431. The van der Waals surface area contributed by atoms with Crippen molar-refractivity contribution in [2.75, 3.05) is 11.9 Å². The number of nitrogens with zero attached hydrogens (tertiary/aromatic N) is 2. The van der Waals surface area contributed by atoms with Crippen molar-refractivity contribution < 1.29 is 9.15 Å². The van der Waals surface area contributed by atoms with E-state index < -0.39 is 0 Å². The van der Waals surface area contributed by atoms with Gasteiger partial charge in [-0.3, -0.25) is 0 Å². The minimum Gasteiger partial charge on any atom is -0.407 e. The van der Waals surface area contributed by atoms with Crippen LogP contribution in [0.15, 0.2) is 4.42 Å². The monoisotopic (exact) mass is 282 g/mol. The second-order valence-electron chi connectivity index (χ2n) is 6.23. The van der Waals surface area contributed by atoms with Crippen molar-refractivity contribution in [1.82, 2.24) is 15.5 Å². The molecule has 2 rings (SSSR count). The van der Waals surface area contributed by atoms with E-state index in [4.69, 9.17) is 9.15 Å². The summed E-state index contributed by atoms with van der Waals surface area (Å²) in [6.45, 7) is 12.0. The lowest BCUT2D eigenvalue weighted by molar-refractivity contribution is -0.0980. The zero-order chi connectivity index (χ0) is 14.8. The van der Waals surface area contributed by atoms with Crippen LogP contribution in [0.3, 0.4) is 0 Å². The highest BCUT2D eigenvalue weighted by Crippen LogP contribution is 2.44. The number of ether oxygens (including phenoxy) is 1. The summed E-state index contributed by atoms with van der Waals surface area (Å²) in [6.07, 6.45) is 1.28. The van der Waals surface area contributed by atoms with Gasteiger partial charge in [-0.2, -0.15) is 0 Å². The van der Waals surface area contributed by atoms with Gasteiger partial charge in [-0.15, -0.1) is 5.10 Å². The number of aromatic nitrogens is 2. The molecule has 0 bridgehead atoms. The number of hydrogen-bond donors (Lipinski definition) is 2. The predicted octanol–water partition coefficient (Wildman–Crippen LogP) is 2.18. The first-order valence-corrected chi connectivity index (χ1v) is 7.37. The van der Waals surface area contributed by atoms with Gasteiger partial charge in [0.1, 0.15) is 0 Å². The predicted molar refractivity (Wildman–Crippen MR) is 77.5 cm³/mol. The molecule has 2 unspecified atom stereocenters. The lowest BCUT2D eigenvalue weighted by Gasteiger charge is -2.51. The van der Waals surface area contributed by atoms with Crippen LogP contribution in [0.5, 0.6) is 0 Å². The first-order valence-electron chi connectivity index (χ1n) is 7.37. The summed E-state index contributed by atoms with van der Waals surface area (Å²) in [5, 5.41) is 14.6. The molecule has 114 valence electrons. The lowest BCUT2D eigenvalue weighted by atomic mass is 9.64. The Labute approximate surface area is 120 Å². The van der Waals surface area contributed by atoms with E-state index in [9.17, 15) is 0 Å². The van der Waals surface area contributed by atoms with Gasteiger partial charge in [-0.25, -0.2) is 0 Å². The molecule has 0 aromatic carbocycles. The molecule has 2 atom stereocenters. The molecule has 6 heteroatoms. The van der Waals surface area contributed by atoms with Crippen molar-refractivity contribution in [3.63, 3.8) is 0 Å². The van der Waals surface area contributed by atoms with Gasteiger partial charge in [0, 0.05) is 24.1 Å². The Morgan fingerprint density at radius 3 is 2.75 bits per heavy atom. The third-order valence-corrected chi connectivity index (χ3v) is 3.97. The average molecular weight is 282 g/mol. The number of anilines is 1. The summed E-state index contributed by atoms with van der Waals surface area (Å²) in [6, 6.07) is 1.21. The molecular weight excluding hydrogens is 256 g/mol. The van der Waals surface area contributed by atoms with Crippen molar-refractivity contribution >= 4 is 6.01 Å². The molecule has 1 fully saturated rings. The molecule has 20 heavy (non-hydrogen) atoms. The van der Waals surface area contributed by atoms with Gasteiger partial charge in [0.2, 0.25) is 5.89 Å². The van der Waals surface area contributed by atoms with Crippen LogP contribution in [0, 0.1) is 5.41 Å².